The van der Waals surface area contributed by atoms with Crippen molar-refractivity contribution in [3.63, 3.8) is 0 Å². The van der Waals surface area contributed by atoms with Crippen LogP contribution in [0.5, 0.6) is 0 Å². The number of rotatable bonds is 4. The SMILES string of the molecule is C1=CCC(C2=CCCC=C2NC2C=CCCC2c2ccccc2)C=C1. The Labute approximate surface area is 151 Å². The van der Waals surface area contributed by atoms with Crippen LogP contribution >= 0.6 is 0 Å². The van der Waals surface area contributed by atoms with Gasteiger partial charge >= 0.3 is 0 Å². The number of allylic oxidation sites excluding steroid dienone is 8. The lowest BCUT2D eigenvalue weighted by Crippen LogP contribution is -2.36. The van der Waals surface area contributed by atoms with Gasteiger partial charge in [0.05, 0.1) is 6.04 Å². The molecule has 4 rings (SSSR count). The molecule has 3 atom stereocenters. The van der Waals surface area contributed by atoms with Gasteiger partial charge in [-0.1, -0.05) is 78.9 Å². The molecule has 0 heterocycles. The van der Waals surface area contributed by atoms with Gasteiger partial charge in [-0.3, -0.25) is 0 Å². The Bertz CT molecular complexity index is 733. The summed E-state index contributed by atoms with van der Waals surface area (Å²) in [5, 5.41) is 3.90. The van der Waals surface area contributed by atoms with Crippen LogP contribution in [0.1, 0.15) is 43.6 Å². The molecule has 3 aliphatic carbocycles. The summed E-state index contributed by atoms with van der Waals surface area (Å²) in [6.45, 7) is 0. The maximum absolute atomic E-state index is 3.90. The number of hydrogen-bond acceptors (Lipinski definition) is 1. The van der Waals surface area contributed by atoms with Crippen LogP contribution in [0.15, 0.2) is 90.2 Å². The van der Waals surface area contributed by atoms with Crippen molar-refractivity contribution in [1.29, 1.82) is 0 Å². The standard InChI is InChI=1S/C24H27N/c1-3-11-19(12-4-1)21-15-7-9-17-23(21)25-24-18-10-8-16-22(24)20-13-5-2-6-14-20/h1-6,9,11-13,16-18,20-21,23,25H,7-8,10,14-15H2. The van der Waals surface area contributed by atoms with Crippen LogP contribution in [0.3, 0.4) is 0 Å². The van der Waals surface area contributed by atoms with E-state index in [0.29, 0.717) is 17.9 Å². The van der Waals surface area contributed by atoms with Crippen molar-refractivity contribution in [3.8, 4) is 0 Å². The molecule has 3 unspecified atom stereocenters. The van der Waals surface area contributed by atoms with Gasteiger partial charge in [-0.2, -0.15) is 0 Å². The molecule has 3 aliphatic rings. The normalized spacial score (nSPS) is 28.4. The summed E-state index contributed by atoms with van der Waals surface area (Å²) >= 11 is 0. The molecule has 128 valence electrons. The highest BCUT2D eigenvalue weighted by Crippen LogP contribution is 2.34. The average Bonchev–Trinajstić information content (AvgIpc) is 2.70. The quantitative estimate of drug-likeness (QED) is 0.687. The van der Waals surface area contributed by atoms with Crippen molar-refractivity contribution in [1.82, 2.24) is 5.32 Å². The van der Waals surface area contributed by atoms with Crippen molar-refractivity contribution >= 4 is 0 Å². The molecule has 1 aromatic rings. The first-order valence-electron chi connectivity index (χ1n) is 9.64. The fraction of sp³-hybridized carbons (Fsp3) is 0.333. The first-order chi connectivity index (χ1) is 12.4. The van der Waals surface area contributed by atoms with Gasteiger partial charge in [0.25, 0.3) is 0 Å². The maximum Gasteiger partial charge on any atom is 0.0513 e. The van der Waals surface area contributed by atoms with Gasteiger partial charge in [-0.25, -0.2) is 0 Å². The Morgan fingerprint density at radius 3 is 2.56 bits per heavy atom. The zero-order chi connectivity index (χ0) is 16.9. The first-order valence-corrected chi connectivity index (χ1v) is 9.64. The molecule has 1 nitrogen and oxygen atoms in total. The molecule has 1 aromatic carbocycles. The van der Waals surface area contributed by atoms with Crippen molar-refractivity contribution in [3.05, 3.63) is 95.8 Å². The zero-order valence-electron chi connectivity index (χ0n) is 14.8. The molecule has 0 aromatic heterocycles. The average molecular weight is 329 g/mol. The lowest BCUT2D eigenvalue weighted by molar-refractivity contribution is 0.488. The Hall–Kier alpha value is -2.28. The molecule has 0 bridgehead atoms. The van der Waals surface area contributed by atoms with Crippen LogP contribution in [-0.2, 0) is 0 Å². The van der Waals surface area contributed by atoms with E-state index in [1.54, 1.807) is 0 Å². The molecule has 0 aliphatic heterocycles. The second-order valence-electron chi connectivity index (χ2n) is 7.20. The minimum atomic E-state index is 0.381. The van der Waals surface area contributed by atoms with E-state index in [2.05, 4.69) is 84.3 Å². The minimum absolute atomic E-state index is 0.381. The van der Waals surface area contributed by atoms with Crippen LogP contribution in [0, 0.1) is 5.92 Å². The molecule has 25 heavy (non-hydrogen) atoms. The van der Waals surface area contributed by atoms with E-state index in [0.717, 1.165) is 19.3 Å². The maximum atomic E-state index is 3.90. The third kappa shape index (κ3) is 3.71. The van der Waals surface area contributed by atoms with E-state index in [-0.39, 0.29) is 0 Å². The van der Waals surface area contributed by atoms with Gasteiger partial charge in [-0.05, 0) is 43.2 Å². The summed E-state index contributed by atoms with van der Waals surface area (Å²) in [6, 6.07) is 11.4. The number of nitrogens with one attached hydrogen (secondary N) is 1. The molecule has 0 spiro atoms. The van der Waals surface area contributed by atoms with Crippen molar-refractivity contribution < 1.29 is 0 Å². The van der Waals surface area contributed by atoms with Gasteiger partial charge in [0.15, 0.2) is 0 Å². The Morgan fingerprint density at radius 2 is 1.72 bits per heavy atom. The van der Waals surface area contributed by atoms with Crippen molar-refractivity contribution in [2.24, 2.45) is 5.92 Å². The van der Waals surface area contributed by atoms with Gasteiger partial charge in [0.2, 0.25) is 0 Å². The largest absolute Gasteiger partial charge is 0.378 e. The minimum Gasteiger partial charge on any atom is -0.378 e. The second kappa shape index (κ2) is 7.74. The monoisotopic (exact) mass is 329 g/mol. The summed E-state index contributed by atoms with van der Waals surface area (Å²) in [4.78, 5) is 0. The van der Waals surface area contributed by atoms with Crippen LogP contribution in [0.2, 0.25) is 0 Å². The van der Waals surface area contributed by atoms with E-state index in [4.69, 9.17) is 0 Å². The van der Waals surface area contributed by atoms with E-state index in [1.165, 1.54) is 29.7 Å². The topological polar surface area (TPSA) is 12.0 Å². The highest BCUT2D eigenvalue weighted by molar-refractivity contribution is 5.40. The molecular formula is C24H27N. The molecule has 0 radical (unpaired) electrons. The summed E-state index contributed by atoms with van der Waals surface area (Å²) in [5.74, 6) is 1.07. The van der Waals surface area contributed by atoms with Crippen molar-refractivity contribution in [2.75, 3.05) is 0 Å². The third-order valence-corrected chi connectivity index (χ3v) is 5.54. The third-order valence-electron chi connectivity index (χ3n) is 5.54. The lowest BCUT2D eigenvalue weighted by Gasteiger charge is -2.33. The highest BCUT2D eigenvalue weighted by Gasteiger charge is 2.26. The number of hydrogen-bond donors (Lipinski definition) is 1. The molecule has 1 heteroatoms. The highest BCUT2D eigenvalue weighted by atomic mass is 14.9. The molecular weight excluding hydrogens is 302 g/mol. The number of benzene rings is 1. The summed E-state index contributed by atoms with van der Waals surface area (Å²) < 4.78 is 0. The molecule has 0 saturated heterocycles. The second-order valence-corrected chi connectivity index (χ2v) is 7.20. The van der Waals surface area contributed by atoms with Crippen LogP contribution in [-0.4, -0.2) is 6.04 Å². The van der Waals surface area contributed by atoms with Gasteiger partial charge in [-0.15, -0.1) is 0 Å². The van der Waals surface area contributed by atoms with Crippen LogP contribution in [0.4, 0.5) is 0 Å². The van der Waals surface area contributed by atoms with E-state index in [1.807, 2.05) is 0 Å². The van der Waals surface area contributed by atoms with E-state index in [9.17, 15) is 0 Å². The molecule has 1 N–H and O–H groups in total. The van der Waals surface area contributed by atoms with Gasteiger partial charge in [0, 0.05) is 17.5 Å². The van der Waals surface area contributed by atoms with E-state index >= 15 is 0 Å². The fourth-order valence-electron chi connectivity index (χ4n) is 4.23. The summed E-state index contributed by atoms with van der Waals surface area (Å²) in [6.07, 6.45) is 24.4. The Balaban J connectivity index is 1.54. The molecule has 0 amide bonds. The van der Waals surface area contributed by atoms with Gasteiger partial charge < -0.3 is 5.32 Å². The van der Waals surface area contributed by atoms with Crippen LogP contribution in [0.25, 0.3) is 0 Å². The Morgan fingerprint density at radius 1 is 0.840 bits per heavy atom. The predicted molar refractivity (Wildman–Crippen MR) is 106 cm³/mol. The first kappa shape index (κ1) is 16.2. The summed E-state index contributed by atoms with van der Waals surface area (Å²) in [7, 11) is 0. The smallest absolute Gasteiger partial charge is 0.0513 e. The fourth-order valence-corrected chi connectivity index (χ4v) is 4.23. The van der Waals surface area contributed by atoms with Crippen molar-refractivity contribution in [2.45, 2.75) is 44.1 Å². The predicted octanol–water partition coefficient (Wildman–Crippen LogP) is 5.81. The zero-order valence-corrected chi connectivity index (χ0v) is 14.8. The van der Waals surface area contributed by atoms with Gasteiger partial charge in [0.1, 0.15) is 0 Å². The summed E-state index contributed by atoms with van der Waals surface area (Å²) in [5.41, 5.74) is 4.29. The Kier molecular flexibility index (Phi) is 5.01. The van der Waals surface area contributed by atoms with Crippen LogP contribution < -0.4 is 5.32 Å². The lowest BCUT2D eigenvalue weighted by atomic mass is 9.82. The molecule has 0 fully saturated rings. The van der Waals surface area contributed by atoms with E-state index < -0.39 is 0 Å². The molecule has 0 saturated carbocycles.